The van der Waals surface area contributed by atoms with Crippen LogP contribution >= 0.6 is 0 Å². The van der Waals surface area contributed by atoms with Crippen molar-refractivity contribution in [2.75, 3.05) is 32.1 Å². The van der Waals surface area contributed by atoms with E-state index in [9.17, 15) is 4.79 Å². The number of ether oxygens (including phenoxy) is 2. The summed E-state index contributed by atoms with van der Waals surface area (Å²) in [5.74, 6) is 0.574. The molecule has 0 unspecified atom stereocenters. The molecule has 0 aromatic heterocycles. The number of carbonyl (C=O) groups is 1. The first kappa shape index (κ1) is 19.0. The van der Waals surface area contributed by atoms with Crippen molar-refractivity contribution in [3.8, 4) is 5.75 Å². The minimum Gasteiger partial charge on any atom is -0.434 e. The lowest BCUT2D eigenvalue weighted by atomic mass is 9.81. The highest BCUT2D eigenvalue weighted by Gasteiger charge is 2.52. The van der Waals surface area contributed by atoms with Gasteiger partial charge in [0.2, 0.25) is 0 Å². The average molecular weight is 360 g/mol. The van der Waals surface area contributed by atoms with Gasteiger partial charge in [-0.2, -0.15) is 0 Å². The van der Waals surface area contributed by atoms with E-state index in [4.69, 9.17) is 9.47 Å². The van der Waals surface area contributed by atoms with Crippen molar-refractivity contribution in [3.63, 3.8) is 0 Å². The Morgan fingerprint density at radius 1 is 1.23 bits per heavy atom. The van der Waals surface area contributed by atoms with Gasteiger partial charge in [0.15, 0.2) is 0 Å². The van der Waals surface area contributed by atoms with Crippen LogP contribution in [0.2, 0.25) is 0 Å². The number of hydrogen-bond donors (Lipinski definition) is 0. The monoisotopic (exact) mass is 360 g/mol. The molecule has 0 bridgehead atoms. The first-order valence-corrected chi connectivity index (χ1v) is 9.89. The molecule has 0 spiro atoms. The second kappa shape index (κ2) is 7.87. The van der Waals surface area contributed by atoms with Crippen LogP contribution in [0.3, 0.4) is 0 Å². The topological polar surface area (TPSA) is 42.0 Å². The van der Waals surface area contributed by atoms with Gasteiger partial charge in [-0.05, 0) is 43.7 Å². The number of likely N-dealkylation sites (tertiary alicyclic amines) is 1. The first-order valence-electron chi connectivity index (χ1n) is 9.89. The average Bonchev–Trinajstić information content (AvgIpc) is 3.04. The molecule has 0 saturated carbocycles. The Labute approximate surface area is 157 Å². The van der Waals surface area contributed by atoms with E-state index in [0.29, 0.717) is 18.5 Å². The van der Waals surface area contributed by atoms with Crippen LogP contribution in [0.1, 0.15) is 57.9 Å². The molecule has 26 heavy (non-hydrogen) atoms. The van der Waals surface area contributed by atoms with Crippen LogP contribution < -0.4 is 9.64 Å². The minimum absolute atomic E-state index is 0.0708. The Kier molecular flexibility index (Phi) is 5.76. The molecule has 2 aliphatic rings. The Balaban J connectivity index is 1.58. The summed E-state index contributed by atoms with van der Waals surface area (Å²) in [6.07, 6.45) is 6.52. The van der Waals surface area contributed by atoms with Crippen LogP contribution in [-0.2, 0) is 10.2 Å². The molecule has 1 fully saturated rings. The zero-order chi connectivity index (χ0) is 18.7. The predicted octanol–water partition coefficient (Wildman–Crippen LogP) is 4.54. The van der Waals surface area contributed by atoms with Crippen LogP contribution in [0.5, 0.6) is 5.75 Å². The molecule has 0 radical (unpaired) electrons. The van der Waals surface area contributed by atoms with Gasteiger partial charge in [-0.25, -0.2) is 4.79 Å². The van der Waals surface area contributed by atoms with Gasteiger partial charge < -0.3 is 14.4 Å². The van der Waals surface area contributed by atoms with Crippen LogP contribution in [0.15, 0.2) is 18.2 Å². The first-order chi connectivity index (χ1) is 12.5. The third-order valence-corrected chi connectivity index (χ3v) is 5.97. The molecule has 3 rings (SSSR count). The molecule has 0 aliphatic carbocycles. The molecule has 2 heterocycles. The van der Waals surface area contributed by atoms with E-state index in [2.05, 4.69) is 43.8 Å². The summed E-state index contributed by atoms with van der Waals surface area (Å²) in [6.45, 7) is 6.01. The highest BCUT2D eigenvalue weighted by Crippen LogP contribution is 2.51. The zero-order valence-corrected chi connectivity index (χ0v) is 16.6. The standard InChI is InChI=1S/C21H32N2O3/c1-5-6-7-8-9-14-25-20(24)26-16-10-11-18-17(15-16)21(2)12-13-22(3)19(21)23(18)4/h10-11,15,19H,5-9,12-14H2,1-4H3/t19-,21+/m1/s1. The van der Waals surface area contributed by atoms with Gasteiger partial charge in [-0.3, -0.25) is 4.90 Å². The molecular formula is C21H32N2O3. The van der Waals surface area contributed by atoms with Crippen LogP contribution in [0.4, 0.5) is 10.5 Å². The highest BCUT2D eigenvalue weighted by molar-refractivity contribution is 5.69. The number of nitrogens with zero attached hydrogens (tertiary/aromatic N) is 2. The molecule has 5 nitrogen and oxygen atoms in total. The van der Waals surface area contributed by atoms with Crippen molar-refractivity contribution in [1.82, 2.24) is 4.90 Å². The Morgan fingerprint density at radius 3 is 2.77 bits per heavy atom. The maximum Gasteiger partial charge on any atom is 0.513 e. The van der Waals surface area contributed by atoms with Gasteiger partial charge in [-0.15, -0.1) is 0 Å². The van der Waals surface area contributed by atoms with E-state index in [0.717, 1.165) is 25.8 Å². The van der Waals surface area contributed by atoms with Crippen molar-refractivity contribution in [2.45, 2.75) is 64.0 Å². The molecule has 2 atom stereocenters. The lowest BCUT2D eigenvalue weighted by Crippen LogP contribution is -2.45. The fourth-order valence-electron chi connectivity index (χ4n) is 4.61. The number of benzene rings is 1. The summed E-state index contributed by atoms with van der Waals surface area (Å²) in [5.41, 5.74) is 2.56. The van der Waals surface area contributed by atoms with Crippen molar-refractivity contribution in [1.29, 1.82) is 0 Å². The zero-order valence-electron chi connectivity index (χ0n) is 16.6. The van der Waals surface area contributed by atoms with Gasteiger partial charge in [0.25, 0.3) is 0 Å². The molecule has 1 saturated heterocycles. The highest BCUT2D eigenvalue weighted by atomic mass is 16.7. The summed E-state index contributed by atoms with van der Waals surface area (Å²) >= 11 is 0. The molecule has 1 aromatic carbocycles. The van der Waals surface area contributed by atoms with E-state index >= 15 is 0 Å². The van der Waals surface area contributed by atoms with E-state index in [-0.39, 0.29) is 5.41 Å². The maximum absolute atomic E-state index is 12.0. The van der Waals surface area contributed by atoms with Crippen LogP contribution in [0, 0.1) is 0 Å². The number of rotatable bonds is 7. The summed E-state index contributed by atoms with van der Waals surface area (Å²) in [7, 11) is 4.32. The fraction of sp³-hybridized carbons (Fsp3) is 0.667. The molecule has 144 valence electrons. The van der Waals surface area contributed by atoms with E-state index < -0.39 is 6.16 Å². The molecule has 5 heteroatoms. The number of unbranched alkanes of at least 4 members (excludes halogenated alkanes) is 4. The quantitative estimate of drug-likeness (QED) is 0.406. The van der Waals surface area contributed by atoms with E-state index in [1.54, 1.807) is 0 Å². The van der Waals surface area contributed by atoms with E-state index in [1.807, 2.05) is 12.1 Å². The van der Waals surface area contributed by atoms with Crippen molar-refractivity contribution in [3.05, 3.63) is 23.8 Å². The maximum atomic E-state index is 12.0. The smallest absolute Gasteiger partial charge is 0.434 e. The van der Waals surface area contributed by atoms with Crippen molar-refractivity contribution >= 4 is 11.8 Å². The Morgan fingerprint density at radius 2 is 2.00 bits per heavy atom. The van der Waals surface area contributed by atoms with Gasteiger partial charge in [0.05, 0.1) is 12.8 Å². The summed E-state index contributed by atoms with van der Waals surface area (Å²) in [5, 5.41) is 0. The van der Waals surface area contributed by atoms with Gasteiger partial charge in [0.1, 0.15) is 5.75 Å². The third-order valence-electron chi connectivity index (χ3n) is 5.97. The largest absolute Gasteiger partial charge is 0.513 e. The number of carbonyl (C=O) groups excluding carboxylic acids is 1. The second-order valence-electron chi connectivity index (χ2n) is 7.93. The molecule has 0 amide bonds. The van der Waals surface area contributed by atoms with Gasteiger partial charge in [0, 0.05) is 24.7 Å². The Bertz CT molecular complexity index is 648. The third kappa shape index (κ3) is 3.54. The van der Waals surface area contributed by atoms with E-state index in [1.165, 1.54) is 30.5 Å². The lowest BCUT2D eigenvalue weighted by molar-refractivity contribution is 0.0972. The van der Waals surface area contributed by atoms with Crippen LogP contribution in [-0.4, -0.2) is 44.5 Å². The fourth-order valence-corrected chi connectivity index (χ4v) is 4.61. The Hall–Kier alpha value is -1.75. The number of likely N-dealkylation sites (N-methyl/N-ethyl adjacent to an activating group) is 2. The van der Waals surface area contributed by atoms with Gasteiger partial charge in [-0.1, -0.05) is 39.5 Å². The SMILES string of the molecule is CCCCCCCOC(=O)Oc1ccc2c(c1)[C@]1(C)CCN(C)[C@@H]1N2C. The number of fused-ring (bicyclic) bond motifs is 3. The molecular weight excluding hydrogens is 328 g/mol. The number of hydrogen-bond acceptors (Lipinski definition) is 5. The second-order valence-corrected chi connectivity index (χ2v) is 7.93. The predicted molar refractivity (Wildman–Crippen MR) is 104 cm³/mol. The van der Waals surface area contributed by atoms with Crippen molar-refractivity contribution < 1.29 is 14.3 Å². The molecule has 2 aliphatic heterocycles. The minimum atomic E-state index is -0.600. The molecule has 1 aromatic rings. The number of anilines is 1. The lowest BCUT2D eigenvalue weighted by Gasteiger charge is -2.32. The normalized spacial score (nSPS) is 24.5. The summed E-state index contributed by atoms with van der Waals surface area (Å²) in [6, 6.07) is 5.94. The summed E-state index contributed by atoms with van der Waals surface area (Å²) in [4.78, 5) is 16.7. The molecule has 0 N–H and O–H groups in total. The van der Waals surface area contributed by atoms with Crippen molar-refractivity contribution in [2.24, 2.45) is 0 Å². The van der Waals surface area contributed by atoms with Gasteiger partial charge >= 0.3 is 6.16 Å². The summed E-state index contributed by atoms with van der Waals surface area (Å²) < 4.78 is 10.6. The van der Waals surface area contributed by atoms with Crippen LogP contribution in [0.25, 0.3) is 0 Å².